The predicted octanol–water partition coefficient (Wildman–Crippen LogP) is 2.93. The van der Waals surface area contributed by atoms with Gasteiger partial charge in [0.1, 0.15) is 5.82 Å². The standard InChI is InChI=1S/C19H18FN3OS/c1-12-16(18(24)21-11-13-7-3-2-4-8-13)17(23-19(25)22-12)14-9-5-6-10-15(14)20/h2-10,17H,11H2,1H3,(H,21,24)(H2,22,23,25)/t17-/m1/s1. The van der Waals surface area contributed by atoms with Crippen LogP contribution in [0.5, 0.6) is 0 Å². The van der Waals surface area contributed by atoms with E-state index >= 15 is 0 Å². The maximum Gasteiger partial charge on any atom is 0.251 e. The number of hydrogen-bond donors (Lipinski definition) is 3. The molecule has 1 heterocycles. The molecule has 1 aliphatic rings. The zero-order chi connectivity index (χ0) is 17.8. The first kappa shape index (κ1) is 17.1. The van der Waals surface area contributed by atoms with E-state index in [-0.39, 0.29) is 11.7 Å². The van der Waals surface area contributed by atoms with Gasteiger partial charge in [0, 0.05) is 17.8 Å². The molecule has 25 heavy (non-hydrogen) atoms. The lowest BCUT2D eigenvalue weighted by molar-refractivity contribution is -0.118. The van der Waals surface area contributed by atoms with Crippen molar-refractivity contribution in [1.29, 1.82) is 0 Å². The average molecular weight is 355 g/mol. The third kappa shape index (κ3) is 3.85. The van der Waals surface area contributed by atoms with E-state index in [4.69, 9.17) is 12.2 Å². The van der Waals surface area contributed by atoms with Gasteiger partial charge in [0.25, 0.3) is 5.91 Å². The second-order valence-corrected chi connectivity index (χ2v) is 6.17. The van der Waals surface area contributed by atoms with Crippen molar-refractivity contribution in [2.75, 3.05) is 0 Å². The van der Waals surface area contributed by atoms with Gasteiger partial charge < -0.3 is 16.0 Å². The van der Waals surface area contributed by atoms with Crippen molar-refractivity contribution in [2.24, 2.45) is 0 Å². The number of hydrogen-bond acceptors (Lipinski definition) is 2. The van der Waals surface area contributed by atoms with E-state index in [1.807, 2.05) is 30.3 Å². The Balaban J connectivity index is 1.87. The zero-order valence-electron chi connectivity index (χ0n) is 13.7. The Hall–Kier alpha value is -2.73. The number of benzene rings is 2. The van der Waals surface area contributed by atoms with Crippen molar-refractivity contribution >= 4 is 23.2 Å². The SMILES string of the molecule is CC1=C(C(=O)NCc2ccccc2)[C@@H](c2ccccc2F)NC(=S)N1. The summed E-state index contributed by atoms with van der Waals surface area (Å²) in [6.45, 7) is 2.16. The van der Waals surface area contributed by atoms with Crippen LogP contribution in [0.1, 0.15) is 24.1 Å². The Morgan fingerprint density at radius 1 is 1.16 bits per heavy atom. The van der Waals surface area contributed by atoms with E-state index in [2.05, 4.69) is 16.0 Å². The second-order valence-electron chi connectivity index (χ2n) is 5.76. The van der Waals surface area contributed by atoms with Gasteiger partial charge in [-0.2, -0.15) is 0 Å². The van der Waals surface area contributed by atoms with Crippen LogP contribution in [0.25, 0.3) is 0 Å². The maximum absolute atomic E-state index is 14.3. The summed E-state index contributed by atoms with van der Waals surface area (Å²) in [6, 6.07) is 15.4. The lowest BCUT2D eigenvalue weighted by Gasteiger charge is -2.30. The summed E-state index contributed by atoms with van der Waals surface area (Å²) in [4.78, 5) is 12.8. The lowest BCUT2D eigenvalue weighted by Crippen LogP contribution is -2.47. The molecule has 2 aromatic rings. The average Bonchev–Trinajstić information content (AvgIpc) is 2.60. The minimum Gasteiger partial charge on any atom is -0.351 e. The molecule has 0 bridgehead atoms. The first-order chi connectivity index (χ1) is 12.1. The molecule has 3 rings (SSSR count). The van der Waals surface area contributed by atoms with E-state index in [1.54, 1.807) is 25.1 Å². The van der Waals surface area contributed by atoms with Gasteiger partial charge in [-0.25, -0.2) is 4.39 Å². The summed E-state index contributed by atoms with van der Waals surface area (Å²) in [6.07, 6.45) is 0. The molecule has 0 unspecified atom stereocenters. The molecule has 1 aliphatic heterocycles. The van der Waals surface area contributed by atoms with Crippen LogP contribution in [-0.2, 0) is 11.3 Å². The van der Waals surface area contributed by atoms with Gasteiger partial charge in [0.15, 0.2) is 5.11 Å². The Kier molecular flexibility index (Phi) is 5.09. The molecule has 0 aliphatic carbocycles. The van der Waals surface area contributed by atoms with Crippen LogP contribution in [0.2, 0.25) is 0 Å². The van der Waals surface area contributed by atoms with E-state index in [0.717, 1.165) is 5.56 Å². The topological polar surface area (TPSA) is 53.2 Å². The number of halogens is 1. The van der Waals surface area contributed by atoms with Gasteiger partial charge >= 0.3 is 0 Å². The molecule has 1 amide bonds. The van der Waals surface area contributed by atoms with Gasteiger partial charge in [0.05, 0.1) is 11.6 Å². The van der Waals surface area contributed by atoms with Crippen LogP contribution >= 0.6 is 12.2 Å². The number of thiocarbonyl (C=S) groups is 1. The Labute approximate surface area is 151 Å². The normalized spacial score (nSPS) is 16.9. The summed E-state index contributed by atoms with van der Waals surface area (Å²) in [5.41, 5.74) is 2.41. The monoisotopic (exact) mass is 355 g/mol. The first-order valence-electron chi connectivity index (χ1n) is 7.91. The Morgan fingerprint density at radius 2 is 1.84 bits per heavy atom. The molecule has 128 valence electrons. The van der Waals surface area contributed by atoms with Crippen LogP contribution in [0.15, 0.2) is 65.9 Å². The molecule has 4 nitrogen and oxygen atoms in total. The quantitative estimate of drug-likeness (QED) is 0.738. The van der Waals surface area contributed by atoms with E-state index in [1.165, 1.54) is 6.07 Å². The van der Waals surface area contributed by atoms with Crippen LogP contribution < -0.4 is 16.0 Å². The minimum absolute atomic E-state index is 0.267. The highest BCUT2D eigenvalue weighted by Crippen LogP contribution is 2.28. The van der Waals surface area contributed by atoms with Crippen molar-refractivity contribution in [3.05, 3.63) is 82.8 Å². The number of amides is 1. The molecule has 6 heteroatoms. The van der Waals surface area contributed by atoms with Crippen molar-refractivity contribution in [2.45, 2.75) is 19.5 Å². The smallest absolute Gasteiger partial charge is 0.251 e. The molecule has 2 aromatic carbocycles. The molecular formula is C19H18FN3OS. The molecule has 0 radical (unpaired) electrons. The lowest BCUT2D eigenvalue weighted by atomic mass is 9.94. The second kappa shape index (κ2) is 7.44. The summed E-state index contributed by atoms with van der Waals surface area (Å²) in [7, 11) is 0. The number of rotatable bonds is 4. The van der Waals surface area contributed by atoms with Crippen LogP contribution in [-0.4, -0.2) is 11.0 Å². The molecule has 0 saturated carbocycles. The summed E-state index contributed by atoms with van der Waals surface area (Å²) in [5.74, 6) is -0.650. The fraction of sp³-hybridized carbons (Fsp3) is 0.158. The van der Waals surface area contributed by atoms with Gasteiger partial charge in [-0.1, -0.05) is 48.5 Å². The number of allylic oxidation sites excluding steroid dienone is 1. The van der Waals surface area contributed by atoms with Crippen LogP contribution in [0.3, 0.4) is 0 Å². The van der Waals surface area contributed by atoms with Gasteiger partial charge in [-0.05, 0) is 30.8 Å². The highest BCUT2D eigenvalue weighted by molar-refractivity contribution is 7.80. The largest absolute Gasteiger partial charge is 0.351 e. The predicted molar refractivity (Wildman–Crippen MR) is 99.0 cm³/mol. The number of carbonyl (C=O) groups is 1. The van der Waals surface area contributed by atoms with Crippen molar-refractivity contribution in [1.82, 2.24) is 16.0 Å². The first-order valence-corrected chi connectivity index (χ1v) is 8.32. The fourth-order valence-corrected chi connectivity index (χ4v) is 3.08. The molecule has 0 spiro atoms. The van der Waals surface area contributed by atoms with E-state index in [0.29, 0.717) is 28.5 Å². The van der Waals surface area contributed by atoms with Gasteiger partial charge in [-0.3, -0.25) is 4.79 Å². The molecular weight excluding hydrogens is 337 g/mol. The van der Waals surface area contributed by atoms with E-state index in [9.17, 15) is 9.18 Å². The Morgan fingerprint density at radius 3 is 2.56 bits per heavy atom. The molecule has 0 aromatic heterocycles. The Bertz CT molecular complexity index is 836. The van der Waals surface area contributed by atoms with Crippen molar-refractivity contribution < 1.29 is 9.18 Å². The van der Waals surface area contributed by atoms with Crippen LogP contribution in [0, 0.1) is 5.82 Å². The van der Waals surface area contributed by atoms with Crippen molar-refractivity contribution in [3.63, 3.8) is 0 Å². The molecule has 1 atom stereocenters. The summed E-state index contributed by atoms with van der Waals surface area (Å²) >= 11 is 5.17. The maximum atomic E-state index is 14.3. The number of carbonyl (C=O) groups excluding carboxylic acids is 1. The van der Waals surface area contributed by atoms with E-state index < -0.39 is 6.04 Å². The van der Waals surface area contributed by atoms with Gasteiger partial charge in [-0.15, -0.1) is 0 Å². The molecule has 3 N–H and O–H groups in total. The minimum atomic E-state index is -0.634. The summed E-state index contributed by atoms with van der Waals surface area (Å²) in [5, 5.41) is 9.20. The highest BCUT2D eigenvalue weighted by Gasteiger charge is 2.31. The highest BCUT2D eigenvalue weighted by atomic mass is 32.1. The zero-order valence-corrected chi connectivity index (χ0v) is 14.5. The van der Waals surface area contributed by atoms with Crippen LogP contribution in [0.4, 0.5) is 4.39 Å². The summed E-state index contributed by atoms with van der Waals surface area (Å²) < 4.78 is 14.3. The fourth-order valence-electron chi connectivity index (χ4n) is 2.81. The molecule has 0 fully saturated rings. The van der Waals surface area contributed by atoms with Crippen molar-refractivity contribution in [3.8, 4) is 0 Å². The third-order valence-corrected chi connectivity index (χ3v) is 4.25. The molecule has 0 saturated heterocycles. The van der Waals surface area contributed by atoms with Gasteiger partial charge in [0.2, 0.25) is 0 Å². The number of nitrogens with one attached hydrogen (secondary N) is 3. The third-order valence-electron chi connectivity index (χ3n) is 4.03.